The van der Waals surface area contributed by atoms with Gasteiger partial charge in [-0.05, 0) is 43.0 Å². The summed E-state index contributed by atoms with van der Waals surface area (Å²) in [4.78, 5) is 19.8. The molecule has 1 aliphatic rings. The van der Waals surface area contributed by atoms with E-state index in [1.807, 2.05) is 24.3 Å². The van der Waals surface area contributed by atoms with Crippen LogP contribution in [0.25, 0.3) is 11.0 Å². The number of hydrogen-bond acceptors (Lipinski definition) is 5. The molecule has 0 aliphatic heterocycles. The van der Waals surface area contributed by atoms with Gasteiger partial charge in [0.05, 0.1) is 17.0 Å². The number of H-pyrrole nitrogens is 1. The van der Waals surface area contributed by atoms with Gasteiger partial charge < -0.3 is 25.9 Å². The smallest absolute Gasteiger partial charge is 0.237 e. The molecular weight excluding hydrogens is 404 g/mol. The molecule has 32 heavy (non-hydrogen) atoms. The molecule has 4 rings (SSSR count). The lowest BCUT2D eigenvalue weighted by atomic mass is 9.95. The van der Waals surface area contributed by atoms with Crippen molar-refractivity contribution in [1.82, 2.24) is 15.3 Å². The van der Waals surface area contributed by atoms with Gasteiger partial charge in [0.15, 0.2) is 0 Å². The molecule has 1 atom stereocenters. The lowest BCUT2D eigenvalue weighted by molar-refractivity contribution is -0.123. The standard InChI is InChI=1S/C25H28N4O3/c26-21(25(31)29-19-6-2-1-3-7-19)15-17-8-10-20(11-9-17)32-22-12-13-27-24-23(22)18(16-28-24)5-4-14-30/h8-13,16,19,21,30H,1-3,6-7,14-15,26H2,(H,27,28)(H,29,31). The largest absolute Gasteiger partial charge is 0.456 e. The fraction of sp³-hybridized carbons (Fsp3) is 0.360. The number of benzene rings is 1. The van der Waals surface area contributed by atoms with Crippen molar-refractivity contribution in [2.75, 3.05) is 6.61 Å². The number of aromatic nitrogens is 2. The topological polar surface area (TPSA) is 113 Å². The lowest BCUT2D eigenvalue weighted by Crippen LogP contribution is -2.46. The molecule has 7 nitrogen and oxygen atoms in total. The molecular formula is C25H28N4O3. The molecule has 1 aromatic carbocycles. The SMILES string of the molecule is NC(Cc1ccc(Oc2ccnc3[nH]cc(C#CCO)c23)cc1)C(=O)NC1CCCCC1. The van der Waals surface area contributed by atoms with E-state index in [0.717, 1.165) is 23.8 Å². The van der Waals surface area contributed by atoms with Crippen molar-refractivity contribution in [2.45, 2.75) is 50.6 Å². The number of nitrogens with zero attached hydrogens (tertiary/aromatic N) is 1. The Morgan fingerprint density at radius 1 is 1.25 bits per heavy atom. The molecule has 0 saturated heterocycles. The number of aromatic amines is 1. The number of hydrogen-bond donors (Lipinski definition) is 4. The van der Waals surface area contributed by atoms with Gasteiger partial charge >= 0.3 is 0 Å². The maximum atomic E-state index is 12.4. The number of pyridine rings is 1. The summed E-state index contributed by atoms with van der Waals surface area (Å²) in [5.74, 6) is 6.76. The van der Waals surface area contributed by atoms with Crippen molar-refractivity contribution < 1.29 is 14.6 Å². The average molecular weight is 433 g/mol. The van der Waals surface area contributed by atoms with Gasteiger partial charge in [-0.1, -0.05) is 43.2 Å². The highest BCUT2D eigenvalue weighted by Gasteiger charge is 2.20. The maximum Gasteiger partial charge on any atom is 0.237 e. The summed E-state index contributed by atoms with van der Waals surface area (Å²) in [5.41, 5.74) is 8.50. The minimum atomic E-state index is -0.573. The van der Waals surface area contributed by atoms with E-state index in [4.69, 9.17) is 15.6 Å². The monoisotopic (exact) mass is 432 g/mol. The van der Waals surface area contributed by atoms with Crippen LogP contribution >= 0.6 is 0 Å². The van der Waals surface area contributed by atoms with Gasteiger partial charge in [-0.15, -0.1) is 0 Å². The number of carbonyl (C=O) groups is 1. The first-order chi connectivity index (χ1) is 15.6. The summed E-state index contributed by atoms with van der Waals surface area (Å²) < 4.78 is 6.08. The van der Waals surface area contributed by atoms with Crippen LogP contribution in [0.3, 0.4) is 0 Å². The summed E-state index contributed by atoms with van der Waals surface area (Å²) in [5, 5.41) is 12.8. The zero-order valence-corrected chi connectivity index (χ0v) is 17.9. The molecule has 0 radical (unpaired) electrons. The van der Waals surface area contributed by atoms with Gasteiger partial charge in [0, 0.05) is 18.4 Å². The summed E-state index contributed by atoms with van der Waals surface area (Å²) in [7, 11) is 0. The van der Waals surface area contributed by atoms with Gasteiger partial charge in [-0.3, -0.25) is 4.79 Å². The summed E-state index contributed by atoms with van der Waals surface area (Å²) in [6, 6.07) is 9.03. The molecule has 1 fully saturated rings. The van der Waals surface area contributed by atoms with E-state index in [9.17, 15) is 4.79 Å². The third kappa shape index (κ3) is 5.28. The molecule has 1 amide bonds. The Bertz CT molecular complexity index is 1120. The van der Waals surface area contributed by atoms with Gasteiger partial charge in [0.25, 0.3) is 0 Å². The van der Waals surface area contributed by atoms with Gasteiger partial charge in [0.1, 0.15) is 23.8 Å². The quantitative estimate of drug-likeness (QED) is 0.447. The molecule has 2 heterocycles. The molecule has 3 aromatic rings. The van der Waals surface area contributed by atoms with Crippen LogP contribution in [0.1, 0.15) is 43.2 Å². The number of nitrogens with two attached hydrogens (primary N) is 1. The average Bonchev–Trinajstić information content (AvgIpc) is 3.23. The van der Waals surface area contributed by atoms with Gasteiger partial charge in [-0.25, -0.2) is 4.98 Å². The Morgan fingerprint density at radius 2 is 2.03 bits per heavy atom. The van der Waals surface area contributed by atoms with Crippen molar-refractivity contribution in [1.29, 1.82) is 0 Å². The fourth-order valence-electron chi connectivity index (χ4n) is 4.07. The first-order valence-electron chi connectivity index (χ1n) is 11.0. The summed E-state index contributed by atoms with van der Waals surface area (Å²) >= 11 is 0. The Hall–Kier alpha value is -3.34. The number of rotatable bonds is 6. The van der Waals surface area contributed by atoms with E-state index >= 15 is 0 Å². The number of amides is 1. The minimum absolute atomic E-state index is 0.0830. The number of ether oxygens (including phenoxy) is 1. The van der Waals surface area contributed by atoms with Crippen LogP contribution < -0.4 is 15.8 Å². The van der Waals surface area contributed by atoms with E-state index in [1.165, 1.54) is 19.3 Å². The van der Waals surface area contributed by atoms with Crippen LogP contribution in [0, 0.1) is 11.8 Å². The van der Waals surface area contributed by atoms with Gasteiger partial charge in [-0.2, -0.15) is 0 Å². The molecule has 2 aromatic heterocycles. The molecule has 166 valence electrons. The Balaban J connectivity index is 1.41. The predicted molar refractivity (Wildman–Crippen MR) is 123 cm³/mol. The lowest BCUT2D eigenvalue weighted by Gasteiger charge is -2.24. The molecule has 7 heteroatoms. The highest BCUT2D eigenvalue weighted by Crippen LogP contribution is 2.31. The van der Waals surface area contributed by atoms with E-state index in [1.54, 1.807) is 18.5 Å². The Labute approximate surface area is 187 Å². The number of aliphatic hydroxyl groups excluding tert-OH is 1. The number of aliphatic hydroxyl groups is 1. The molecule has 1 saturated carbocycles. The van der Waals surface area contributed by atoms with E-state index < -0.39 is 6.04 Å². The van der Waals surface area contributed by atoms with Crippen molar-refractivity contribution in [2.24, 2.45) is 5.73 Å². The van der Waals surface area contributed by atoms with Crippen molar-refractivity contribution in [3.05, 3.63) is 53.9 Å². The highest BCUT2D eigenvalue weighted by atomic mass is 16.5. The number of fused-ring (bicyclic) bond motifs is 1. The zero-order valence-electron chi connectivity index (χ0n) is 17.9. The molecule has 1 unspecified atom stereocenters. The minimum Gasteiger partial charge on any atom is -0.456 e. The van der Waals surface area contributed by atoms with Crippen LogP contribution in [0.5, 0.6) is 11.5 Å². The second-order valence-electron chi connectivity index (χ2n) is 8.10. The fourth-order valence-corrected chi connectivity index (χ4v) is 4.07. The highest BCUT2D eigenvalue weighted by molar-refractivity contribution is 5.89. The van der Waals surface area contributed by atoms with Crippen LogP contribution in [-0.2, 0) is 11.2 Å². The Kier molecular flexibility index (Phi) is 7.05. The third-order valence-corrected chi connectivity index (χ3v) is 5.73. The van der Waals surface area contributed by atoms with Gasteiger partial charge in [0.2, 0.25) is 5.91 Å². The third-order valence-electron chi connectivity index (χ3n) is 5.73. The van der Waals surface area contributed by atoms with Crippen LogP contribution in [0.15, 0.2) is 42.7 Å². The predicted octanol–water partition coefficient (Wildman–Crippen LogP) is 3.02. The first-order valence-corrected chi connectivity index (χ1v) is 11.0. The first kappa shape index (κ1) is 21.9. The van der Waals surface area contributed by atoms with E-state index in [-0.39, 0.29) is 18.6 Å². The maximum absolute atomic E-state index is 12.4. The second-order valence-corrected chi connectivity index (χ2v) is 8.10. The number of nitrogens with one attached hydrogen (secondary N) is 2. The van der Waals surface area contributed by atoms with Crippen molar-refractivity contribution in [3.63, 3.8) is 0 Å². The van der Waals surface area contributed by atoms with E-state index in [0.29, 0.717) is 29.1 Å². The van der Waals surface area contributed by atoms with Crippen LogP contribution in [0.4, 0.5) is 0 Å². The van der Waals surface area contributed by atoms with Crippen molar-refractivity contribution >= 4 is 16.9 Å². The zero-order chi connectivity index (χ0) is 22.3. The van der Waals surface area contributed by atoms with Crippen LogP contribution in [0.2, 0.25) is 0 Å². The molecule has 5 N–H and O–H groups in total. The Morgan fingerprint density at radius 3 is 2.78 bits per heavy atom. The molecule has 0 spiro atoms. The molecule has 1 aliphatic carbocycles. The second kappa shape index (κ2) is 10.3. The van der Waals surface area contributed by atoms with Crippen LogP contribution in [-0.4, -0.2) is 39.7 Å². The normalized spacial score (nSPS) is 15.1. The van der Waals surface area contributed by atoms with Crippen molar-refractivity contribution in [3.8, 4) is 23.3 Å². The molecule has 0 bridgehead atoms. The summed E-state index contributed by atoms with van der Waals surface area (Å²) in [6.45, 7) is -0.217. The van der Waals surface area contributed by atoms with E-state index in [2.05, 4.69) is 27.1 Å². The number of carbonyl (C=O) groups excluding carboxylic acids is 1. The summed E-state index contributed by atoms with van der Waals surface area (Å²) in [6.07, 6.45) is 9.55.